The predicted octanol–water partition coefficient (Wildman–Crippen LogP) is 3.12. The largest absolute Gasteiger partial charge is 0.444 e. The number of carbonyl (C=O) groups is 3. The summed E-state index contributed by atoms with van der Waals surface area (Å²) in [5.74, 6) is -0.00287. The highest BCUT2D eigenvalue weighted by molar-refractivity contribution is 5.98. The number of hydrogen-bond donors (Lipinski definition) is 1. The highest BCUT2D eigenvalue weighted by Gasteiger charge is 2.30. The number of amides is 3. The number of piperidine rings is 1. The van der Waals surface area contributed by atoms with Crippen LogP contribution in [0.1, 0.15) is 62.9 Å². The molecular weight excluding hydrogens is 370 g/mol. The van der Waals surface area contributed by atoms with Crippen LogP contribution in [-0.4, -0.2) is 54.1 Å². The van der Waals surface area contributed by atoms with Gasteiger partial charge in [-0.2, -0.15) is 0 Å². The molecule has 0 radical (unpaired) electrons. The minimum atomic E-state index is -0.551. The quantitative estimate of drug-likeness (QED) is 0.844. The number of benzene rings is 1. The van der Waals surface area contributed by atoms with Gasteiger partial charge in [-0.05, 0) is 70.2 Å². The van der Waals surface area contributed by atoms with E-state index < -0.39 is 11.7 Å². The summed E-state index contributed by atoms with van der Waals surface area (Å²) in [7, 11) is 0. The van der Waals surface area contributed by atoms with Crippen molar-refractivity contribution in [1.82, 2.24) is 10.2 Å². The first-order valence-corrected chi connectivity index (χ1v) is 10.3. The van der Waals surface area contributed by atoms with Crippen LogP contribution >= 0.6 is 0 Å². The van der Waals surface area contributed by atoms with Crippen molar-refractivity contribution in [2.75, 3.05) is 24.5 Å². The number of nitrogens with zero attached hydrogens (tertiary/aromatic N) is 2. The van der Waals surface area contributed by atoms with Crippen LogP contribution in [0.15, 0.2) is 18.2 Å². The lowest BCUT2D eigenvalue weighted by Gasteiger charge is -2.36. The molecule has 1 aromatic carbocycles. The zero-order valence-corrected chi connectivity index (χ0v) is 17.8. The average Bonchev–Trinajstić information content (AvgIpc) is 3.08. The Morgan fingerprint density at radius 2 is 1.93 bits per heavy atom. The van der Waals surface area contributed by atoms with E-state index in [9.17, 15) is 14.4 Å². The van der Waals surface area contributed by atoms with E-state index in [1.54, 1.807) is 17.9 Å². The lowest BCUT2D eigenvalue weighted by atomic mass is 9.99. The van der Waals surface area contributed by atoms with Crippen LogP contribution in [0.25, 0.3) is 0 Å². The van der Waals surface area contributed by atoms with Gasteiger partial charge in [0, 0.05) is 43.9 Å². The van der Waals surface area contributed by atoms with Crippen molar-refractivity contribution in [3.05, 3.63) is 29.3 Å². The molecule has 2 aliphatic rings. The first-order valence-electron chi connectivity index (χ1n) is 10.3. The molecule has 7 heteroatoms. The number of hydrogen-bond acceptors (Lipinski definition) is 4. The van der Waals surface area contributed by atoms with Gasteiger partial charge < -0.3 is 19.9 Å². The van der Waals surface area contributed by atoms with Gasteiger partial charge in [-0.25, -0.2) is 4.79 Å². The highest BCUT2D eigenvalue weighted by atomic mass is 16.6. The molecule has 2 heterocycles. The topological polar surface area (TPSA) is 79.0 Å². The zero-order valence-electron chi connectivity index (χ0n) is 17.8. The van der Waals surface area contributed by atoms with E-state index >= 15 is 0 Å². The van der Waals surface area contributed by atoms with Gasteiger partial charge in [0.2, 0.25) is 5.91 Å². The van der Waals surface area contributed by atoms with E-state index in [-0.39, 0.29) is 17.9 Å². The smallest absolute Gasteiger partial charge is 0.407 e. The number of rotatable bonds is 3. The molecule has 29 heavy (non-hydrogen) atoms. The number of ether oxygens (including phenoxy) is 1. The number of likely N-dealkylation sites (tertiary alicyclic amines) is 1. The molecule has 7 nitrogen and oxygen atoms in total. The van der Waals surface area contributed by atoms with Crippen LogP contribution in [0.5, 0.6) is 0 Å². The number of nitrogens with one attached hydrogen (secondary N) is 1. The molecular formula is C22H31N3O4. The molecule has 1 fully saturated rings. The molecule has 3 amide bonds. The maximum atomic E-state index is 13.2. The molecule has 0 aromatic heterocycles. The third-order valence-corrected chi connectivity index (χ3v) is 5.37. The Morgan fingerprint density at radius 1 is 1.17 bits per heavy atom. The van der Waals surface area contributed by atoms with Gasteiger partial charge in [0.1, 0.15) is 5.60 Å². The van der Waals surface area contributed by atoms with Gasteiger partial charge in [-0.15, -0.1) is 0 Å². The van der Waals surface area contributed by atoms with Crippen LogP contribution < -0.4 is 10.2 Å². The van der Waals surface area contributed by atoms with Gasteiger partial charge in [0.25, 0.3) is 5.91 Å². The summed E-state index contributed by atoms with van der Waals surface area (Å²) in [5, 5.41) is 2.81. The lowest BCUT2D eigenvalue weighted by Crippen LogP contribution is -2.50. The fraction of sp³-hybridized carbons (Fsp3) is 0.591. The van der Waals surface area contributed by atoms with Crippen molar-refractivity contribution >= 4 is 23.6 Å². The Bertz CT molecular complexity index is 800. The number of anilines is 1. The minimum Gasteiger partial charge on any atom is -0.444 e. The molecule has 2 aliphatic heterocycles. The second kappa shape index (κ2) is 8.43. The SMILES string of the molecule is CC(=O)N1CCc2cc(C(=O)N3CCCCC3CNC(=O)OC(C)(C)C)ccc21. The second-order valence-electron chi connectivity index (χ2n) is 8.80. The third-order valence-electron chi connectivity index (χ3n) is 5.37. The number of fused-ring (bicyclic) bond motifs is 1. The predicted molar refractivity (Wildman–Crippen MR) is 111 cm³/mol. The summed E-state index contributed by atoms with van der Waals surface area (Å²) in [5.41, 5.74) is 2.02. The number of carbonyl (C=O) groups excluding carboxylic acids is 3. The van der Waals surface area contributed by atoms with Crippen LogP contribution in [0.4, 0.5) is 10.5 Å². The third kappa shape index (κ3) is 5.08. The van der Waals surface area contributed by atoms with Crippen molar-refractivity contribution in [1.29, 1.82) is 0 Å². The minimum absolute atomic E-state index is 0.0205. The van der Waals surface area contributed by atoms with E-state index in [0.29, 0.717) is 25.2 Å². The molecule has 0 aliphatic carbocycles. The Balaban J connectivity index is 1.68. The Kier molecular flexibility index (Phi) is 6.15. The fourth-order valence-electron chi connectivity index (χ4n) is 4.02. The average molecular weight is 402 g/mol. The van der Waals surface area contributed by atoms with E-state index in [1.807, 2.05) is 37.8 Å². The van der Waals surface area contributed by atoms with Crippen molar-refractivity contribution in [2.24, 2.45) is 0 Å². The summed E-state index contributed by atoms with van der Waals surface area (Å²) < 4.78 is 5.30. The standard InChI is InChI=1S/C22H31N3O4/c1-15(26)24-12-10-16-13-17(8-9-19(16)24)20(27)25-11-6-5-7-18(25)14-23-21(28)29-22(2,3)4/h8-9,13,18H,5-7,10-12,14H2,1-4H3,(H,23,28). The maximum Gasteiger partial charge on any atom is 0.407 e. The fourth-order valence-corrected chi connectivity index (χ4v) is 4.02. The van der Waals surface area contributed by atoms with E-state index in [0.717, 1.165) is 36.9 Å². The monoisotopic (exact) mass is 401 g/mol. The van der Waals surface area contributed by atoms with E-state index in [2.05, 4.69) is 5.32 Å². The highest BCUT2D eigenvalue weighted by Crippen LogP contribution is 2.30. The van der Waals surface area contributed by atoms with Gasteiger partial charge in [-0.1, -0.05) is 0 Å². The van der Waals surface area contributed by atoms with Crippen LogP contribution in [0.3, 0.4) is 0 Å². The molecule has 1 saturated heterocycles. The van der Waals surface area contributed by atoms with Gasteiger partial charge in [-0.3, -0.25) is 9.59 Å². The molecule has 158 valence electrons. The summed E-state index contributed by atoms with van der Waals surface area (Å²) in [4.78, 5) is 40.5. The first kappa shape index (κ1) is 21.1. The zero-order chi connectivity index (χ0) is 21.2. The Labute approximate surface area is 172 Å². The molecule has 0 saturated carbocycles. The van der Waals surface area contributed by atoms with Gasteiger partial charge in [0.05, 0.1) is 0 Å². The second-order valence-corrected chi connectivity index (χ2v) is 8.80. The molecule has 1 atom stereocenters. The Hall–Kier alpha value is -2.57. The van der Waals surface area contributed by atoms with Crippen LogP contribution in [0.2, 0.25) is 0 Å². The van der Waals surface area contributed by atoms with Crippen LogP contribution in [0, 0.1) is 0 Å². The molecule has 1 aromatic rings. The Morgan fingerprint density at radius 3 is 2.62 bits per heavy atom. The normalized spacial score (nSPS) is 19.0. The number of alkyl carbamates (subject to hydrolysis) is 1. The summed E-state index contributed by atoms with van der Waals surface area (Å²) >= 11 is 0. The van der Waals surface area contributed by atoms with Crippen molar-refractivity contribution < 1.29 is 19.1 Å². The molecule has 1 unspecified atom stereocenters. The van der Waals surface area contributed by atoms with Crippen molar-refractivity contribution in [3.8, 4) is 0 Å². The lowest BCUT2D eigenvalue weighted by molar-refractivity contribution is -0.116. The van der Waals surface area contributed by atoms with Crippen molar-refractivity contribution in [2.45, 2.75) is 65.0 Å². The van der Waals surface area contributed by atoms with Crippen molar-refractivity contribution in [3.63, 3.8) is 0 Å². The van der Waals surface area contributed by atoms with E-state index in [4.69, 9.17) is 4.74 Å². The first-order chi connectivity index (χ1) is 13.7. The maximum absolute atomic E-state index is 13.2. The summed E-state index contributed by atoms with van der Waals surface area (Å²) in [6.45, 7) is 8.75. The summed E-state index contributed by atoms with van der Waals surface area (Å²) in [6, 6.07) is 5.53. The molecule has 0 bridgehead atoms. The van der Waals surface area contributed by atoms with E-state index in [1.165, 1.54) is 0 Å². The van der Waals surface area contributed by atoms with Gasteiger partial charge >= 0.3 is 6.09 Å². The molecule has 1 N–H and O–H groups in total. The summed E-state index contributed by atoms with van der Waals surface area (Å²) in [6.07, 6.45) is 3.14. The molecule has 0 spiro atoms. The van der Waals surface area contributed by atoms with Crippen LogP contribution in [-0.2, 0) is 16.0 Å². The van der Waals surface area contributed by atoms with Gasteiger partial charge in [0.15, 0.2) is 0 Å². The molecule has 3 rings (SSSR count).